The minimum absolute atomic E-state index is 0. The Hall–Kier alpha value is -1.08. The standard InChI is InChI=1S/C10H10F5NO.ClH/c11-4-3-8(16)6-1-2-9(7(12)5-6)17-10(13,14)15;/h1-2,5,8H,3-4,16H2;1H/t8-;/m0./s1. The second-order valence-electron chi connectivity index (χ2n) is 3.32. The van der Waals surface area contributed by atoms with E-state index >= 15 is 0 Å². The molecular weight excluding hydrogens is 281 g/mol. The first-order valence-electron chi connectivity index (χ1n) is 4.70. The summed E-state index contributed by atoms with van der Waals surface area (Å²) in [6.07, 6.45) is -4.98. The fourth-order valence-corrected chi connectivity index (χ4v) is 1.24. The van der Waals surface area contributed by atoms with E-state index in [1.165, 1.54) is 6.07 Å². The van der Waals surface area contributed by atoms with Gasteiger partial charge in [0.2, 0.25) is 0 Å². The summed E-state index contributed by atoms with van der Waals surface area (Å²) >= 11 is 0. The third-order valence-electron chi connectivity index (χ3n) is 2.03. The number of ether oxygens (including phenoxy) is 1. The van der Waals surface area contributed by atoms with Crippen LogP contribution in [0.3, 0.4) is 0 Å². The number of hydrogen-bond acceptors (Lipinski definition) is 2. The molecule has 104 valence electrons. The maximum Gasteiger partial charge on any atom is 0.573 e. The molecule has 0 saturated heterocycles. The van der Waals surface area contributed by atoms with E-state index in [0.717, 1.165) is 12.1 Å². The van der Waals surface area contributed by atoms with E-state index in [2.05, 4.69) is 4.74 Å². The average Bonchev–Trinajstić information content (AvgIpc) is 2.19. The van der Waals surface area contributed by atoms with E-state index in [4.69, 9.17) is 5.73 Å². The molecule has 18 heavy (non-hydrogen) atoms. The molecule has 0 saturated carbocycles. The van der Waals surface area contributed by atoms with Gasteiger partial charge in [0, 0.05) is 6.04 Å². The zero-order valence-electron chi connectivity index (χ0n) is 9.01. The number of rotatable bonds is 4. The Balaban J connectivity index is 0.00000289. The molecule has 2 nitrogen and oxygen atoms in total. The first-order chi connectivity index (χ1) is 7.83. The van der Waals surface area contributed by atoms with Crippen LogP contribution in [0, 0.1) is 5.82 Å². The molecule has 1 rings (SSSR count). The lowest BCUT2D eigenvalue weighted by Crippen LogP contribution is -2.18. The largest absolute Gasteiger partial charge is 0.573 e. The quantitative estimate of drug-likeness (QED) is 0.862. The Morgan fingerprint density at radius 1 is 1.28 bits per heavy atom. The molecule has 0 fully saturated rings. The lowest BCUT2D eigenvalue weighted by Gasteiger charge is -2.13. The van der Waals surface area contributed by atoms with Crippen LogP contribution in [0.15, 0.2) is 18.2 Å². The van der Waals surface area contributed by atoms with E-state index in [0.29, 0.717) is 0 Å². The third-order valence-corrected chi connectivity index (χ3v) is 2.03. The summed E-state index contributed by atoms with van der Waals surface area (Å²) in [5.74, 6) is -2.12. The lowest BCUT2D eigenvalue weighted by atomic mass is 10.1. The SMILES string of the molecule is Cl.N[C@@H](CCF)c1ccc(OC(F)(F)F)c(F)c1. The smallest absolute Gasteiger partial charge is 0.403 e. The summed E-state index contributed by atoms with van der Waals surface area (Å²) in [7, 11) is 0. The summed E-state index contributed by atoms with van der Waals surface area (Å²) in [6.45, 7) is -0.691. The minimum Gasteiger partial charge on any atom is -0.403 e. The summed E-state index contributed by atoms with van der Waals surface area (Å²) in [4.78, 5) is 0. The fraction of sp³-hybridized carbons (Fsp3) is 0.400. The van der Waals surface area contributed by atoms with Crippen molar-refractivity contribution in [1.82, 2.24) is 0 Å². The molecule has 0 bridgehead atoms. The van der Waals surface area contributed by atoms with Crippen LogP contribution < -0.4 is 10.5 Å². The maximum atomic E-state index is 13.2. The van der Waals surface area contributed by atoms with Gasteiger partial charge in [-0.2, -0.15) is 0 Å². The second-order valence-corrected chi connectivity index (χ2v) is 3.32. The molecule has 0 spiro atoms. The molecular formula is C10H11ClF5NO. The molecule has 0 heterocycles. The molecule has 1 atom stereocenters. The first-order valence-corrected chi connectivity index (χ1v) is 4.70. The highest BCUT2D eigenvalue weighted by Gasteiger charge is 2.32. The third kappa shape index (κ3) is 5.05. The molecule has 0 radical (unpaired) electrons. The van der Waals surface area contributed by atoms with Crippen molar-refractivity contribution in [3.8, 4) is 5.75 Å². The summed E-state index contributed by atoms with van der Waals surface area (Å²) in [5, 5.41) is 0. The van der Waals surface area contributed by atoms with Crippen LogP contribution in [-0.4, -0.2) is 13.0 Å². The first kappa shape index (κ1) is 16.9. The molecule has 0 aromatic heterocycles. The number of nitrogens with two attached hydrogens (primary N) is 1. The molecule has 8 heteroatoms. The highest BCUT2D eigenvalue weighted by atomic mass is 35.5. The molecule has 1 aromatic carbocycles. The molecule has 0 amide bonds. The van der Waals surface area contributed by atoms with Crippen LogP contribution in [0.4, 0.5) is 22.0 Å². The topological polar surface area (TPSA) is 35.2 Å². The van der Waals surface area contributed by atoms with Crippen LogP contribution >= 0.6 is 12.4 Å². The number of alkyl halides is 4. The van der Waals surface area contributed by atoms with Gasteiger partial charge in [0.25, 0.3) is 0 Å². The molecule has 2 N–H and O–H groups in total. The van der Waals surface area contributed by atoms with Crippen molar-refractivity contribution < 1.29 is 26.7 Å². The van der Waals surface area contributed by atoms with Crippen LogP contribution in [0.1, 0.15) is 18.0 Å². The number of halogens is 6. The normalized spacial score (nSPS) is 12.8. The average molecular weight is 292 g/mol. The Morgan fingerprint density at radius 2 is 1.89 bits per heavy atom. The molecule has 1 aromatic rings. The Labute approximate surface area is 106 Å². The zero-order chi connectivity index (χ0) is 13.1. The fourth-order valence-electron chi connectivity index (χ4n) is 1.24. The van der Waals surface area contributed by atoms with Crippen molar-refractivity contribution in [1.29, 1.82) is 0 Å². The highest BCUT2D eigenvalue weighted by molar-refractivity contribution is 5.85. The van der Waals surface area contributed by atoms with Gasteiger partial charge in [0.1, 0.15) is 0 Å². The van der Waals surface area contributed by atoms with Crippen LogP contribution in [0.2, 0.25) is 0 Å². The Kier molecular flexibility index (Phi) is 6.34. The Morgan fingerprint density at radius 3 is 2.33 bits per heavy atom. The summed E-state index contributed by atoms with van der Waals surface area (Å²) in [5.41, 5.74) is 5.70. The summed E-state index contributed by atoms with van der Waals surface area (Å²) in [6, 6.07) is 2.04. The van der Waals surface area contributed by atoms with Crippen molar-refractivity contribution in [3.63, 3.8) is 0 Å². The van der Waals surface area contributed by atoms with Gasteiger partial charge in [-0.3, -0.25) is 4.39 Å². The van der Waals surface area contributed by atoms with E-state index < -0.39 is 30.6 Å². The maximum absolute atomic E-state index is 13.2. The van der Waals surface area contributed by atoms with E-state index in [-0.39, 0.29) is 24.4 Å². The highest BCUT2D eigenvalue weighted by Crippen LogP contribution is 2.27. The van der Waals surface area contributed by atoms with Crippen molar-refractivity contribution in [2.75, 3.05) is 6.67 Å². The molecule has 0 aliphatic rings. The van der Waals surface area contributed by atoms with Gasteiger partial charge in [-0.25, -0.2) is 4.39 Å². The van der Waals surface area contributed by atoms with E-state index in [1.807, 2.05) is 0 Å². The van der Waals surface area contributed by atoms with Gasteiger partial charge in [0.15, 0.2) is 11.6 Å². The van der Waals surface area contributed by atoms with Crippen molar-refractivity contribution in [3.05, 3.63) is 29.6 Å². The van der Waals surface area contributed by atoms with Crippen LogP contribution in [-0.2, 0) is 0 Å². The van der Waals surface area contributed by atoms with Crippen molar-refractivity contribution in [2.45, 2.75) is 18.8 Å². The van der Waals surface area contributed by atoms with Gasteiger partial charge in [0.05, 0.1) is 6.67 Å². The van der Waals surface area contributed by atoms with Crippen LogP contribution in [0.5, 0.6) is 5.75 Å². The van der Waals surface area contributed by atoms with Crippen molar-refractivity contribution in [2.24, 2.45) is 5.73 Å². The lowest BCUT2D eigenvalue weighted by molar-refractivity contribution is -0.275. The minimum atomic E-state index is -4.95. The molecule has 0 unspecified atom stereocenters. The monoisotopic (exact) mass is 291 g/mol. The van der Waals surface area contributed by atoms with Gasteiger partial charge in [-0.1, -0.05) is 6.07 Å². The van der Waals surface area contributed by atoms with Crippen LogP contribution in [0.25, 0.3) is 0 Å². The number of hydrogen-bond donors (Lipinski definition) is 1. The number of benzene rings is 1. The van der Waals surface area contributed by atoms with E-state index in [1.54, 1.807) is 0 Å². The second kappa shape index (κ2) is 6.75. The molecule has 0 aliphatic heterocycles. The predicted molar refractivity (Wildman–Crippen MR) is 57.9 cm³/mol. The van der Waals surface area contributed by atoms with Gasteiger partial charge in [-0.05, 0) is 24.1 Å². The van der Waals surface area contributed by atoms with E-state index in [9.17, 15) is 22.0 Å². The van der Waals surface area contributed by atoms with Gasteiger partial charge >= 0.3 is 6.36 Å². The molecule has 0 aliphatic carbocycles. The van der Waals surface area contributed by atoms with Gasteiger partial charge < -0.3 is 10.5 Å². The van der Waals surface area contributed by atoms with Gasteiger partial charge in [-0.15, -0.1) is 25.6 Å². The summed E-state index contributed by atoms with van der Waals surface area (Å²) < 4.78 is 64.1. The predicted octanol–water partition coefficient (Wildman–Crippen LogP) is 3.51. The Bertz CT molecular complexity index is 385. The van der Waals surface area contributed by atoms with Crippen molar-refractivity contribution >= 4 is 12.4 Å². The zero-order valence-corrected chi connectivity index (χ0v) is 9.82.